The van der Waals surface area contributed by atoms with Gasteiger partial charge in [0.05, 0.1) is 13.2 Å². The van der Waals surface area contributed by atoms with Crippen LogP contribution in [0.25, 0.3) is 0 Å². The van der Waals surface area contributed by atoms with Crippen LogP contribution in [0.4, 0.5) is 5.69 Å². The second kappa shape index (κ2) is 9.20. The predicted octanol–water partition coefficient (Wildman–Crippen LogP) is 1.50. The second-order valence-electron chi connectivity index (χ2n) is 4.60. The summed E-state index contributed by atoms with van der Waals surface area (Å²) < 4.78 is 5.63. The zero-order valence-electron chi connectivity index (χ0n) is 12.4. The molecule has 1 amide bonds. The van der Waals surface area contributed by atoms with Gasteiger partial charge in [0.15, 0.2) is 0 Å². The van der Waals surface area contributed by atoms with Crippen LogP contribution in [0.5, 0.6) is 5.75 Å². The van der Waals surface area contributed by atoms with Crippen LogP contribution in [-0.4, -0.2) is 43.6 Å². The molecule has 0 aromatic heterocycles. The van der Waals surface area contributed by atoms with Gasteiger partial charge in [-0.1, -0.05) is 13.0 Å². The molecule has 0 saturated heterocycles. The summed E-state index contributed by atoms with van der Waals surface area (Å²) in [6.07, 6.45) is 0.877. The highest BCUT2D eigenvalue weighted by Gasteiger charge is 2.07. The Morgan fingerprint density at radius 3 is 2.85 bits per heavy atom. The highest BCUT2D eigenvalue weighted by atomic mass is 16.5. The minimum atomic E-state index is 0.0751. The fourth-order valence-corrected chi connectivity index (χ4v) is 1.89. The molecule has 1 aromatic rings. The number of amides is 1. The Hall–Kier alpha value is -1.75. The quantitative estimate of drug-likeness (QED) is 0.531. The van der Waals surface area contributed by atoms with Crippen LogP contribution in [0.15, 0.2) is 24.3 Å². The van der Waals surface area contributed by atoms with Crippen molar-refractivity contribution < 1.29 is 9.53 Å². The molecule has 112 valence electrons. The summed E-state index contributed by atoms with van der Waals surface area (Å²) in [5.74, 6) is 0.864. The van der Waals surface area contributed by atoms with Crippen LogP contribution < -0.4 is 15.8 Å². The number of carbonyl (C=O) groups is 1. The van der Waals surface area contributed by atoms with Gasteiger partial charge in [0.25, 0.3) is 0 Å². The first kappa shape index (κ1) is 16.3. The number of rotatable bonds is 9. The van der Waals surface area contributed by atoms with Crippen LogP contribution in [0.3, 0.4) is 0 Å². The van der Waals surface area contributed by atoms with Gasteiger partial charge < -0.3 is 15.8 Å². The summed E-state index contributed by atoms with van der Waals surface area (Å²) in [6.45, 7) is 7.42. The van der Waals surface area contributed by atoms with Crippen LogP contribution >= 0.6 is 0 Å². The van der Waals surface area contributed by atoms with Crippen molar-refractivity contribution >= 4 is 11.6 Å². The zero-order chi connectivity index (χ0) is 14.8. The van der Waals surface area contributed by atoms with Crippen molar-refractivity contribution in [2.75, 3.05) is 38.5 Å². The minimum absolute atomic E-state index is 0.0751. The molecule has 0 spiro atoms. The lowest BCUT2D eigenvalue weighted by Crippen LogP contribution is -2.37. The lowest BCUT2D eigenvalue weighted by molar-refractivity contribution is -0.122. The van der Waals surface area contributed by atoms with Gasteiger partial charge in [0.1, 0.15) is 5.75 Å². The van der Waals surface area contributed by atoms with E-state index in [9.17, 15) is 4.79 Å². The summed E-state index contributed by atoms with van der Waals surface area (Å²) in [5.41, 5.74) is 6.39. The normalized spacial score (nSPS) is 10.6. The zero-order valence-corrected chi connectivity index (χ0v) is 12.4. The molecule has 0 radical (unpaired) electrons. The van der Waals surface area contributed by atoms with E-state index in [1.165, 1.54) is 0 Å². The average Bonchev–Trinajstić information content (AvgIpc) is 2.42. The maximum atomic E-state index is 11.5. The molecule has 0 aliphatic heterocycles. The molecule has 0 fully saturated rings. The Balaban J connectivity index is 2.23. The molecule has 5 heteroatoms. The number of hydrogen-bond acceptors (Lipinski definition) is 4. The van der Waals surface area contributed by atoms with Gasteiger partial charge in [-0.25, -0.2) is 0 Å². The number of nitrogens with zero attached hydrogens (tertiary/aromatic N) is 1. The van der Waals surface area contributed by atoms with Crippen LogP contribution in [-0.2, 0) is 4.79 Å². The molecule has 0 unspecified atom stereocenters. The van der Waals surface area contributed by atoms with Crippen molar-refractivity contribution in [2.24, 2.45) is 0 Å². The van der Waals surface area contributed by atoms with E-state index in [0.29, 0.717) is 25.4 Å². The molecule has 1 rings (SSSR count). The SMILES string of the molecule is CCNC(=O)CN(CC)CCCOc1cccc(N)c1. The van der Waals surface area contributed by atoms with E-state index in [1.54, 1.807) is 0 Å². The van der Waals surface area contributed by atoms with Crippen molar-refractivity contribution in [3.05, 3.63) is 24.3 Å². The summed E-state index contributed by atoms with van der Waals surface area (Å²) >= 11 is 0. The van der Waals surface area contributed by atoms with Crippen LogP contribution in [0, 0.1) is 0 Å². The number of benzene rings is 1. The Morgan fingerprint density at radius 2 is 2.20 bits per heavy atom. The van der Waals surface area contributed by atoms with Crippen molar-refractivity contribution in [3.8, 4) is 5.75 Å². The third-order valence-corrected chi connectivity index (χ3v) is 2.93. The van der Waals surface area contributed by atoms with E-state index < -0.39 is 0 Å². The standard InChI is InChI=1S/C15H25N3O2/c1-3-17-15(19)12-18(4-2)9-6-10-20-14-8-5-7-13(16)11-14/h5,7-8,11H,3-4,6,9-10,12,16H2,1-2H3,(H,17,19). The lowest BCUT2D eigenvalue weighted by atomic mass is 10.3. The Kier molecular flexibility index (Phi) is 7.50. The summed E-state index contributed by atoms with van der Waals surface area (Å²) in [7, 11) is 0. The van der Waals surface area contributed by atoms with Gasteiger partial charge in [-0.15, -0.1) is 0 Å². The molecule has 0 aliphatic rings. The maximum Gasteiger partial charge on any atom is 0.234 e. The number of likely N-dealkylation sites (N-methyl/N-ethyl adjacent to an activating group) is 2. The van der Waals surface area contributed by atoms with E-state index in [1.807, 2.05) is 31.2 Å². The van der Waals surface area contributed by atoms with Crippen LogP contribution in [0.1, 0.15) is 20.3 Å². The Morgan fingerprint density at radius 1 is 1.40 bits per heavy atom. The average molecular weight is 279 g/mol. The molecule has 5 nitrogen and oxygen atoms in total. The van der Waals surface area contributed by atoms with E-state index in [2.05, 4.69) is 17.1 Å². The molecular weight excluding hydrogens is 254 g/mol. The fourth-order valence-electron chi connectivity index (χ4n) is 1.89. The van der Waals surface area contributed by atoms with E-state index in [0.717, 1.165) is 25.3 Å². The first-order chi connectivity index (χ1) is 9.65. The van der Waals surface area contributed by atoms with Gasteiger partial charge >= 0.3 is 0 Å². The molecule has 20 heavy (non-hydrogen) atoms. The number of anilines is 1. The van der Waals surface area contributed by atoms with Gasteiger partial charge in [0.2, 0.25) is 5.91 Å². The maximum absolute atomic E-state index is 11.5. The molecule has 3 N–H and O–H groups in total. The Labute approximate surface area is 121 Å². The molecular formula is C15H25N3O2. The number of hydrogen-bond donors (Lipinski definition) is 2. The molecule has 0 atom stereocenters. The van der Waals surface area contributed by atoms with Crippen molar-refractivity contribution in [1.82, 2.24) is 10.2 Å². The minimum Gasteiger partial charge on any atom is -0.493 e. The number of nitrogens with two attached hydrogens (primary N) is 1. The summed E-state index contributed by atoms with van der Waals surface area (Å²) in [6, 6.07) is 7.41. The highest BCUT2D eigenvalue weighted by molar-refractivity contribution is 5.77. The van der Waals surface area contributed by atoms with Crippen molar-refractivity contribution in [2.45, 2.75) is 20.3 Å². The van der Waals surface area contributed by atoms with E-state index in [-0.39, 0.29) is 5.91 Å². The number of nitrogens with one attached hydrogen (secondary N) is 1. The summed E-state index contributed by atoms with van der Waals surface area (Å²) in [4.78, 5) is 13.6. The molecule has 0 heterocycles. The number of ether oxygens (including phenoxy) is 1. The number of carbonyl (C=O) groups excluding carboxylic acids is 1. The first-order valence-electron chi connectivity index (χ1n) is 7.13. The van der Waals surface area contributed by atoms with Gasteiger partial charge in [-0.2, -0.15) is 0 Å². The topological polar surface area (TPSA) is 67.6 Å². The summed E-state index contributed by atoms with van der Waals surface area (Å²) in [5, 5.41) is 2.81. The van der Waals surface area contributed by atoms with Crippen molar-refractivity contribution in [1.29, 1.82) is 0 Å². The van der Waals surface area contributed by atoms with Gasteiger partial charge in [-0.3, -0.25) is 9.69 Å². The highest BCUT2D eigenvalue weighted by Crippen LogP contribution is 2.14. The first-order valence-corrected chi connectivity index (χ1v) is 7.13. The van der Waals surface area contributed by atoms with E-state index >= 15 is 0 Å². The molecule has 1 aromatic carbocycles. The monoisotopic (exact) mass is 279 g/mol. The van der Waals surface area contributed by atoms with Gasteiger partial charge in [0, 0.05) is 24.8 Å². The fraction of sp³-hybridized carbons (Fsp3) is 0.533. The molecule has 0 bridgehead atoms. The third-order valence-electron chi connectivity index (χ3n) is 2.93. The Bertz CT molecular complexity index is 410. The molecule has 0 saturated carbocycles. The largest absolute Gasteiger partial charge is 0.493 e. The smallest absolute Gasteiger partial charge is 0.234 e. The number of nitrogen functional groups attached to an aromatic ring is 1. The van der Waals surface area contributed by atoms with Gasteiger partial charge in [-0.05, 0) is 32.0 Å². The molecule has 0 aliphatic carbocycles. The van der Waals surface area contributed by atoms with Crippen LogP contribution in [0.2, 0.25) is 0 Å². The third kappa shape index (κ3) is 6.43. The predicted molar refractivity (Wildman–Crippen MR) is 81.8 cm³/mol. The second-order valence-corrected chi connectivity index (χ2v) is 4.60. The lowest BCUT2D eigenvalue weighted by Gasteiger charge is -2.19. The van der Waals surface area contributed by atoms with E-state index in [4.69, 9.17) is 10.5 Å². The van der Waals surface area contributed by atoms with Crippen molar-refractivity contribution in [3.63, 3.8) is 0 Å².